The highest BCUT2D eigenvalue weighted by Crippen LogP contribution is 2.25. The van der Waals surface area contributed by atoms with Gasteiger partial charge in [-0.15, -0.1) is 0 Å². The van der Waals surface area contributed by atoms with Crippen LogP contribution in [0.25, 0.3) is 0 Å². The molecule has 150 valence electrons. The Balaban J connectivity index is 1.45. The lowest BCUT2D eigenvalue weighted by Gasteiger charge is -2.40. The molecule has 0 aliphatic carbocycles. The number of carbonyl (C=O) groups is 1. The van der Waals surface area contributed by atoms with E-state index in [-0.39, 0.29) is 5.91 Å². The molecule has 0 radical (unpaired) electrons. The molecule has 1 aromatic carbocycles. The van der Waals surface area contributed by atoms with Crippen molar-refractivity contribution in [3.05, 3.63) is 28.8 Å². The summed E-state index contributed by atoms with van der Waals surface area (Å²) in [7, 11) is 0. The molecule has 2 fully saturated rings. The Bertz CT molecular complexity index is 637. The van der Waals surface area contributed by atoms with E-state index in [1.807, 2.05) is 11.0 Å². The van der Waals surface area contributed by atoms with E-state index in [1.165, 1.54) is 17.7 Å². The Hall–Kier alpha value is -1.30. The Labute approximate surface area is 168 Å². The predicted molar refractivity (Wildman–Crippen MR) is 113 cm³/mol. The van der Waals surface area contributed by atoms with E-state index in [0.29, 0.717) is 12.6 Å². The van der Waals surface area contributed by atoms with Gasteiger partial charge in [0.2, 0.25) is 5.91 Å². The first-order valence-corrected chi connectivity index (χ1v) is 10.6. The van der Waals surface area contributed by atoms with E-state index in [2.05, 4.69) is 47.6 Å². The molecule has 1 unspecified atom stereocenters. The van der Waals surface area contributed by atoms with Crippen LogP contribution in [0.2, 0.25) is 5.02 Å². The van der Waals surface area contributed by atoms with Crippen LogP contribution in [-0.4, -0.2) is 85.6 Å². The van der Waals surface area contributed by atoms with Crippen molar-refractivity contribution in [2.75, 3.05) is 63.8 Å². The monoisotopic (exact) mass is 392 g/mol. The van der Waals surface area contributed by atoms with Gasteiger partial charge in [-0.2, -0.15) is 0 Å². The lowest BCUT2D eigenvalue weighted by molar-refractivity contribution is -0.134. The molecule has 3 rings (SSSR count). The molecule has 2 saturated heterocycles. The van der Waals surface area contributed by atoms with Crippen LogP contribution < -0.4 is 4.90 Å². The molecule has 0 N–H and O–H groups in total. The highest BCUT2D eigenvalue weighted by atomic mass is 35.5. The minimum absolute atomic E-state index is 0.284. The normalized spacial score (nSPS) is 20.7. The van der Waals surface area contributed by atoms with Crippen molar-refractivity contribution in [2.45, 2.75) is 33.2 Å². The fourth-order valence-electron chi connectivity index (χ4n) is 4.03. The van der Waals surface area contributed by atoms with Crippen molar-refractivity contribution in [3.63, 3.8) is 0 Å². The minimum Gasteiger partial charge on any atom is -0.369 e. The molecular weight excluding hydrogens is 360 g/mol. The van der Waals surface area contributed by atoms with Crippen molar-refractivity contribution in [1.82, 2.24) is 14.7 Å². The van der Waals surface area contributed by atoms with Crippen LogP contribution in [-0.2, 0) is 4.79 Å². The third-order valence-corrected chi connectivity index (χ3v) is 6.36. The fourth-order valence-corrected chi connectivity index (χ4v) is 4.20. The molecule has 1 atom stereocenters. The summed E-state index contributed by atoms with van der Waals surface area (Å²) >= 11 is 6.17. The number of halogens is 1. The maximum Gasteiger partial charge on any atom is 0.236 e. The number of piperazine rings is 2. The van der Waals surface area contributed by atoms with Gasteiger partial charge in [0, 0.05) is 69.1 Å². The van der Waals surface area contributed by atoms with Crippen LogP contribution in [0.5, 0.6) is 0 Å². The number of hydrogen-bond donors (Lipinski definition) is 0. The van der Waals surface area contributed by atoms with E-state index >= 15 is 0 Å². The fraction of sp³-hybridized carbons (Fsp3) is 0.667. The Kier molecular flexibility index (Phi) is 7.01. The lowest BCUT2D eigenvalue weighted by Crippen LogP contribution is -2.55. The number of rotatable bonds is 5. The summed E-state index contributed by atoms with van der Waals surface area (Å²) in [6, 6.07) is 6.68. The zero-order valence-corrected chi connectivity index (χ0v) is 17.7. The zero-order valence-electron chi connectivity index (χ0n) is 17.0. The second kappa shape index (κ2) is 9.26. The third kappa shape index (κ3) is 5.15. The first-order chi connectivity index (χ1) is 13.0. The van der Waals surface area contributed by atoms with E-state index in [0.717, 1.165) is 57.4 Å². The number of hydrogen-bond acceptors (Lipinski definition) is 4. The quantitative estimate of drug-likeness (QED) is 0.770. The number of anilines is 1. The summed E-state index contributed by atoms with van der Waals surface area (Å²) in [5.74, 6) is 0.284. The Morgan fingerprint density at radius 3 is 2.37 bits per heavy atom. The van der Waals surface area contributed by atoms with Gasteiger partial charge in [-0.3, -0.25) is 14.6 Å². The first kappa shape index (κ1) is 20.4. The number of carbonyl (C=O) groups excluding carboxylic acids is 1. The topological polar surface area (TPSA) is 30.0 Å². The molecule has 27 heavy (non-hydrogen) atoms. The Morgan fingerprint density at radius 1 is 1.07 bits per heavy atom. The zero-order chi connectivity index (χ0) is 19.4. The van der Waals surface area contributed by atoms with E-state index in [9.17, 15) is 4.79 Å². The number of amides is 1. The molecule has 0 aromatic heterocycles. The van der Waals surface area contributed by atoms with Crippen molar-refractivity contribution < 1.29 is 4.79 Å². The van der Waals surface area contributed by atoms with Crippen LogP contribution in [0.1, 0.15) is 25.8 Å². The van der Waals surface area contributed by atoms with Crippen LogP contribution in [0.4, 0.5) is 5.69 Å². The van der Waals surface area contributed by atoms with Gasteiger partial charge in [0.25, 0.3) is 0 Å². The average molecular weight is 393 g/mol. The maximum absolute atomic E-state index is 12.7. The number of benzene rings is 1. The van der Waals surface area contributed by atoms with Gasteiger partial charge in [0.15, 0.2) is 0 Å². The van der Waals surface area contributed by atoms with Crippen molar-refractivity contribution in [2.24, 2.45) is 0 Å². The molecule has 6 heteroatoms. The van der Waals surface area contributed by atoms with Gasteiger partial charge in [0.1, 0.15) is 0 Å². The second-order valence-corrected chi connectivity index (χ2v) is 8.30. The van der Waals surface area contributed by atoms with Gasteiger partial charge in [0.05, 0.1) is 6.54 Å². The van der Waals surface area contributed by atoms with Crippen LogP contribution >= 0.6 is 11.6 Å². The SMILES string of the molecule is CCC(C)N1CCN(C(=O)CN2CCN(c3cc(Cl)ccc3C)CC2)CC1. The van der Waals surface area contributed by atoms with Gasteiger partial charge >= 0.3 is 0 Å². The third-order valence-electron chi connectivity index (χ3n) is 6.12. The number of aryl methyl sites for hydroxylation is 1. The molecule has 2 heterocycles. The second-order valence-electron chi connectivity index (χ2n) is 7.87. The summed E-state index contributed by atoms with van der Waals surface area (Å²) < 4.78 is 0. The minimum atomic E-state index is 0.284. The van der Waals surface area contributed by atoms with Crippen molar-refractivity contribution in [3.8, 4) is 0 Å². The molecule has 0 bridgehead atoms. The highest BCUT2D eigenvalue weighted by molar-refractivity contribution is 6.30. The molecular formula is C21H33ClN4O. The van der Waals surface area contributed by atoms with Crippen LogP contribution in [0.3, 0.4) is 0 Å². The summed E-state index contributed by atoms with van der Waals surface area (Å²) in [4.78, 5) is 21.9. The molecule has 1 aromatic rings. The van der Waals surface area contributed by atoms with Gasteiger partial charge in [-0.25, -0.2) is 0 Å². The van der Waals surface area contributed by atoms with Gasteiger partial charge in [-0.05, 0) is 38.0 Å². The van der Waals surface area contributed by atoms with E-state index in [4.69, 9.17) is 11.6 Å². The standard InChI is InChI=1S/C21H33ClN4O/c1-4-18(3)24-11-13-26(14-12-24)21(27)16-23-7-9-25(10-8-23)20-15-19(22)6-5-17(20)2/h5-6,15,18H,4,7-14,16H2,1-3H3. The molecule has 1 amide bonds. The largest absolute Gasteiger partial charge is 0.369 e. The predicted octanol–water partition coefficient (Wildman–Crippen LogP) is 2.71. The molecule has 0 spiro atoms. The van der Waals surface area contributed by atoms with Gasteiger partial charge in [-0.1, -0.05) is 24.6 Å². The van der Waals surface area contributed by atoms with Crippen molar-refractivity contribution in [1.29, 1.82) is 0 Å². The summed E-state index contributed by atoms with van der Waals surface area (Å²) in [5.41, 5.74) is 2.47. The molecule has 2 aliphatic heterocycles. The molecule has 2 aliphatic rings. The Morgan fingerprint density at radius 2 is 1.74 bits per heavy atom. The van der Waals surface area contributed by atoms with E-state index in [1.54, 1.807) is 0 Å². The molecule has 0 saturated carbocycles. The molecule has 5 nitrogen and oxygen atoms in total. The maximum atomic E-state index is 12.7. The first-order valence-electron chi connectivity index (χ1n) is 10.2. The summed E-state index contributed by atoms with van der Waals surface area (Å²) in [6.45, 7) is 14.6. The number of nitrogens with zero attached hydrogens (tertiary/aromatic N) is 4. The smallest absolute Gasteiger partial charge is 0.236 e. The van der Waals surface area contributed by atoms with E-state index < -0.39 is 0 Å². The summed E-state index contributed by atoms with van der Waals surface area (Å²) in [5, 5.41) is 0.782. The van der Waals surface area contributed by atoms with Crippen LogP contribution in [0, 0.1) is 6.92 Å². The average Bonchev–Trinajstić information content (AvgIpc) is 2.70. The lowest BCUT2D eigenvalue weighted by atomic mass is 10.1. The highest BCUT2D eigenvalue weighted by Gasteiger charge is 2.26. The summed E-state index contributed by atoms with van der Waals surface area (Å²) in [6.07, 6.45) is 1.17. The van der Waals surface area contributed by atoms with Crippen LogP contribution in [0.15, 0.2) is 18.2 Å². The van der Waals surface area contributed by atoms with Crippen molar-refractivity contribution >= 4 is 23.2 Å². The van der Waals surface area contributed by atoms with Gasteiger partial charge < -0.3 is 9.80 Å².